The van der Waals surface area contributed by atoms with Crippen LogP contribution in [0.15, 0.2) is 36.7 Å². The Balaban J connectivity index is 2.02. The maximum Gasteiger partial charge on any atom is 0.267 e. The fraction of sp³-hybridized carbons (Fsp3) is 0.409. The van der Waals surface area contributed by atoms with E-state index >= 15 is 0 Å². The molecule has 2 unspecified atom stereocenters. The van der Waals surface area contributed by atoms with Crippen LogP contribution in [0, 0.1) is 12.7 Å². The molecule has 1 aromatic carbocycles. The second-order valence-corrected chi connectivity index (χ2v) is 7.95. The fourth-order valence-electron chi connectivity index (χ4n) is 3.98. The number of rotatable bonds is 8. The van der Waals surface area contributed by atoms with Gasteiger partial charge >= 0.3 is 0 Å². The van der Waals surface area contributed by atoms with Crippen molar-refractivity contribution in [3.8, 4) is 5.75 Å². The van der Waals surface area contributed by atoms with E-state index in [1.54, 1.807) is 25.4 Å². The van der Waals surface area contributed by atoms with Gasteiger partial charge in [0.15, 0.2) is 0 Å². The molecule has 3 rings (SSSR count). The number of pyridine rings is 1. The largest absolute Gasteiger partial charge is 0.496 e. The van der Waals surface area contributed by atoms with Crippen LogP contribution in [0.5, 0.6) is 5.75 Å². The minimum atomic E-state index is -3.16. The molecule has 30 heavy (non-hydrogen) atoms. The molecule has 2 aromatic heterocycles. The summed E-state index contributed by atoms with van der Waals surface area (Å²) in [6, 6.07) is 5.26. The first-order valence-electron chi connectivity index (χ1n) is 9.45. The summed E-state index contributed by atoms with van der Waals surface area (Å²) in [5.41, 5.74) is -2.30. The Hall–Kier alpha value is -2.61. The lowest BCUT2D eigenvalue weighted by atomic mass is 9.72. The molecule has 0 radical (unpaired) electrons. The first kappa shape index (κ1) is 22.1. The third-order valence-corrected chi connectivity index (χ3v) is 5.66. The number of H-pyrrole nitrogens is 1. The van der Waals surface area contributed by atoms with Crippen molar-refractivity contribution in [3.63, 3.8) is 0 Å². The van der Waals surface area contributed by atoms with Crippen LogP contribution in [-0.4, -0.2) is 40.9 Å². The summed E-state index contributed by atoms with van der Waals surface area (Å²) in [5, 5.41) is 11.8. The molecule has 162 valence electrons. The molecular weight excluding hydrogens is 400 g/mol. The topological polar surface area (TPSA) is 58.1 Å². The van der Waals surface area contributed by atoms with Gasteiger partial charge < -0.3 is 14.8 Å². The number of hydrogen-bond donors (Lipinski definition) is 2. The van der Waals surface area contributed by atoms with E-state index < -0.39 is 42.8 Å². The number of alkyl halides is 3. The van der Waals surface area contributed by atoms with Crippen LogP contribution in [0.1, 0.15) is 30.2 Å². The first-order valence-corrected chi connectivity index (χ1v) is 9.45. The zero-order valence-electron chi connectivity index (χ0n) is 17.0. The van der Waals surface area contributed by atoms with Crippen molar-refractivity contribution < 1.29 is 27.4 Å². The summed E-state index contributed by atoms with van der Waals surface area (Å²) in [7, 11) is 1.33. The highest BCUT2D eigenvalue weighted by Gasteiger charge is 2.46. The van der Waals surface area contributed by atoms with Gasteiger partial charge in [0.1, 0.15) is 17.2 Å². The van der Waals surface area contributed by atoms with Crippen molar-refractivity contribution in [2.45, 2.75) is 44.1 Å². The number of hydrogen-bond acceptors (Lipinski definition) is 3. The van der Waals surface area contributed by atoms with Gasteiger partial charge in [0.2, 0.25) is 0 Å². The molecule has 2 N–H and O–H groups in total. The molecule has 0 fully saturated rings. The van der Waals surface area contributed by atoms with E-state index in [9.17, 15) is 22.7 Å². The van der Waals surface area contributed by atoms with Crippen LogP contribution in [0.25, 0.3) is 10.9 Å². The van der Waals surface area contributed by atoms with Crippen LogP contribution in [-0.2, 0) is 11.8 Å². The highest BCUT2D eigenvalue weighted by Crippen LogP contribution is 2.42. The Morgan fingerprint density at radius 3 is 2.60 bits per heavy atom. The predicted octanol–water partition coefficient (Wildman–Crippen LogP) is 4.88. The third kappa shape index (κ3) is 4.01. The summed E-state index contributed by atoms with van der Waals surface area (Å²) in [6.07, 6.45) is -1.08. The third-order valence-electron chi connectivity index (χ3n) is 5.66. The van der Waals surface area contributed by atoms with Crippen LogP contribution < -0.4 is 4.74 Å². The number of fused-ring (bicyclic) bond motifs is 1. The number of aromatic nitrogens is 2. The SMILES string of the molecule is COc1ccc(F)cc1C(C)(CF)CC(O)(Cc1[nH]c2cnccc2c1C)C(F)F. The van der Waals surface area contributed by atoms with Gasteiger partial charge in [0.25, 0.3) is 6.43 Å². The second-order valence-electron chi connectivity index (χ2n) is 7.95. The summed E-state index contributed by atoms with van der Waals surface area (Å²) in [6.45, 7) is 2.04. The maximum absolute atomic E-state index is 14.2. The number of benzene rings is 1. The highest BCUT2D eigenvalue weighted by atomic mass is 19.3. The minimum Gasteiger partial charge on any atom is -0.496 e. The first-order chi connectivity index (χ1) is 14.1. The van der Waals surface area contributed by atoms with Gasteiger partial charge in [0, 0.05) is 34.7 Å². The normalized spacial score (nSPS) is 15.9. The van der Waals surface area contributed by atoms with E-state index in [4.69, 9.17) is 4.74 Å². The molecule has 3 aromatic rings. The van der Waals surface area contributed by atoms with Gasteiger partial charge in [-0.3, -0.25) is 9.37 Å². The van der Waals surface area contributed by atoms with Gasteiger partial charge in [-0.2, -0.15) is 0 Å². The van der Waals surface area contributed by atoms with Gasteiger partial charge in [-0.1, -0.05) is 6.92 Å². The Morgan fingerprint density at radius 1 is 1.27 bits per heavy atom. The van der Waals surface area contributed by atoms with Crippen LogP contribution >= 0.6 is 0 Å². The van der Waals surface area contributed by atoms with Gasteiger partial charge in [-0.15, -0.1) is 0 Å². The quantitative estimate of drug-likeness (QED) is 0.507. The molecule has 8 heteroatoms. The molecule has 0 spiro atoms. The van der Waals surface area contributed by atoms with Crippen molar-refractivity contribution >= 4 is 10.9 Å². The molecule has 0 amide bonds. The standard InChI is InChI=1S/C22H24F4N2O2/c1-13-15-6-7-27-10-18(15)28-17(13)9-22(29,20(25)26)11-21(2,12-23)16-8-14(24)4-5-19(16)30-3/h4-8,10,20,28-29H,9,11-12H2,1-3H3. The summed E-state index contributed by atoms with van der Waals surface area (Å²) in [5.74, 6) is -0.481. The molecular formula is C22H24F4N2O2. The van der Waals surface area contributed by atoms with Gasteiger partial charge in [-0.05, 0) is 43.2 Å². The smallest absolute Gasteiger partial charge is 0.267 e. The molecule has 0 aliphatic carbocycles. The van der Waals surface area contributed by atoms with E-state index in [1.165, 1.54) is 20.1 Å². The predicted molar refractivity (Wildman–Crippen MR) is 106 cm³/mol. The Labute approximate surface area is 171 Å². The zero-order valence-corrected chi connectivity index (χ0v) is 17.0. The summed E-state index contributed by atoms with van der Waals surface area (Å²) < 4.78 is 61.4. The Morgan fingerprint density at radius 2 is 2.00 bits per heavy atom. The lowest BCUT2D eigenvalue weighted by Crippen LogP contribution is -2.47. The average molecular weight is 424 g/mol. The zero-order chi connectivity index (χ0) is 22.1. The van der Waals surface area contributed by atoms with E-state index in [0.29, 0.717) is 16.8 Å². The number of methoxy groups -OCH3 is 1. The van der Waals surface area contributed by atoms with E-state index in [1.807, 2.05) is 0 Å². The van der Waals surface area contributed by atoms with Crippen molar-refractivity contribution in [2.24, 2.45) is 0 Å². The second kappa shape index (κ2) is 8.26. The lowest BCUT2D eigenvalue weighted by molar-refractivity contribution is -0.113. The number of nitrogens with zero attached hydrogens (tertiary/aromatic N) is 1. The molecule has 2 heterocycles. The van der Waals surface area contributed by atoms with E-state index in [2.05, 4.69) is 9.97 Å². The van der Waals surface area contributed by atoms with E-state index in [-0.39, 0.29) is 11.3 Å². The number of nitrogens with one attached hydrogen (secondary N) is 1. The monoisotopic (exact) mass is 424 g/mol. The van der Waals surface area contributed by atoms with Gasteiger partial charge in [-0.25, -0.2) is 13.2 Å². The van der Waals surface area contributed by atoms with Crippen molar-refractivity contribution in [2.75, 3.05) is 13.8 Å². The van der Waals surface area contributed by atoms with E-state index in [0.717, 1.165) is 17.5 Å². The number of ether oxygens (including phenoxy) is 1. The molecule has 0 saturated carbocycles. The Bertz CT molecular complexity index is 1040. The fourth-order valence-corrected chi connectivity index (χ4v) is 3.98. The average Bonchev–Trinajstić information content (AvgIpc) is 3.03. The van der Waals surface area contributed by atoms with Gasteiger partial charge in [0.05, 0.1) is 25.5 Å². The maximum atomic E-state index is 14.2. The highest BCUT2D eigenvalue weighted by molar-refractivity contribution is 5.83. The Kier molecular flexibility index (Phi) is 6.08. The molecule has 0 saturated heterocycles. The van der Waals surface area contributed by atoms with Crippen LogP contribution in [0.3, 0.4) is 0 Å². The van der Waals surface area contributed by atoms with Crippen LogP contribution in [0.2, 0.25) is 0 Å². The molecule has 0 aliphatic rings. The number of halogens is 4. The van der Waals surface area contributed by atoms with Crippen molar-refractivity contribution in [3.05, 3.63) is 59.3 Å². The van der Waals surface area contributed by atoms with Crippen LogP contribution in [0.4, 0.5) is 17.6 Å². The van der Waals surface area contributed by atoms with Crippen molar-refractivity contribution in [1.29, 1.82) is 0 Å². The molecule has 0 aliphatic heterocycles. The molecule has 4 nitrogen and oxygen atoms in total. The van der Waals surface area contributed by atoms with Crippen molar-refractivity contribution in [1.82, 2.24) is 9.97 Å². The number of aryl methyl sites for hydroxylation is 1. The molecule has 2 atom stereocenters. The summed E-state index contributed by atoms with van der Waals surface area (Å²) in [4.78, 5) is 7.01. The summed E-state index contributed by atoms with van der Waals surface area (Å²) >= 11 is 0. The minimum absolute atomic E-state index is 0.0872. The number of aromatic amines is 1. The number of aliphatic hydroxyl groups is 1. The molecule has 0 bridgehead atoms. The lowest BCUT2D eigenvalue weighted by Gasteiger charge is -2.37.